The van der Waals surface area contributed by atoms with Crippen LogP contribution in [0.4, 0.5) is 5.13 Å². The Morgan fingerprint density at radius 1 is 1.24 bits per heavy atom. The van der Waals surface area contributed by atoms with Crippen LogP contribution in [0, 0.1) is 6.92 Å². The largest absolute Gasteiger partial charge is 0.469 e. The van der Waals surface area contributed by atoms with Crippen LogP contribution in [0.1, 0.15) is 34.3 Å². The average molecular weight is 452 g/mol. The van der Waals surface area contributed by atoms with Gasteiger partial charge in [-0.15, -0.1) is 11.3 Å². The summed E-state index contributed by atoms with van der Waals surface area (Å²) in [7, 11) is 0. The van der Waals surface area contributed by atoms with Gasteiger partial charge in [-0.3, -0.25) is 14.9 Å². The maximum Gasteiger partial charge on any atom is 0.260 e. The van der Waals surface area contributed by atoms with Gasteiger partial charge in [0.05, 0.1) is 34.0 Å². The Bertz CT molecular complexity index is 1030. The summed E-state index contributed by atoms with van der Waals surface area (Å²) in [6, 6.07) is 6.92. The van der Waals surface area contributed by atoms with Crippen molar-refractivity contribution < 1.29 is 14.0 Å². The summed E-state index contributed by atoms with van der Waals surface area (Å²) in [5.74, 6) is 0.182. The second kappa shape index (κ2) is 9.43. The highest BCUT2D eigenvalue weighted by Gasteiger charge is 2.17. The molecule has 0 unspecified atom stereocenters. The first-order chi connectivity index (χ1) is 13.9. The molecule has 0 bridgehead atoms. The van der Waals surface area contributed by atoms with E-state index in [1.165, 1.54) is 17.6 Å². The molecule has 0 saturated carbocycles. The molecule has 3 aromatic rings. The number of rotatable bonds is 7. The Hall–Kier alpha value is -2.35. The SMILES string of the molecule is CCN(Cc1ccc(Cl)c(Cl)c1)C(=O)Cc1csc(NC(=O)c2ccoc2C)n1. The van der Waals surface area contributed by atoms with Gasteiger partial charge in [-0.2, -0.15) is 0 Å². The first kappa shape index (κ1) is 21.4. The van der Waals surface area contributed by atoms with E-state index in [0.29, 0.717) is 45.3 Å². The lowest BCUT2D eigenvalue weighted by Gasteiger charge is -2.21. The van der Waals surface area contributed by atoms with Crippen LogP contribution in [-0.2, 0) is 17.8 Å². The lowest BCUT2D eigenvalue weighted by atomic mass is 10.2. The smallest absolute Gasteiger partial charge is 0.260 e. The minimum absolute atomic E-state index is 0.0626. The highest BCUT2D eigenvalue weighted by atomic mass is 35.5. The fourth-order valence-electron chi connectivity index (χ4n) is 2.73. The minimum Gasteiger partial charge on any atom is -0.469 e. The lowest BCUT2D eigenvalue weighted by Crippen LogP contribution is -2.31. The van der Waals surface area contributed by atoms with E-state index in [-0.39, 0.29) is 18.2 Å². The zero-order valence-electron chi connectivity index (χ0n) is 15.9. The van der Waals surface area contributed by atoms with Crippen molar-refractivity contribution in [2.75, 3.05) is 11.9 Å². The summed E-state index contributed by atoms with van der Waals surface area (Å²) >= 11 is 13.3. The number of hydrogen-bond donors (Lipinski definition) is 1. The highest BCUT2D eigenvalue weighted by molar-refractivity contribution is 7.14. The molecule has 0 aliphatic carbocycles. The van der Waals surface area contributed by atoms with Crippen molar-refractivity contribution in [3.8, 4) is 0 Å². The topological polar surface area (TPSA) is 75.4 Å². The summed E-state index contributed by atoms with van der Waals surface area (Å²) < 4.78 is 5.14. The molecule has 0 aliphatic rings. The molecular weight excluding hydrogens is 433 g/mol. The van der Waals surface area contributed by atoms with Gasteiger partial charge in [-0.1, -0.05) is 29.3 Å². The number of amides is 2. The molecule has 6 nitrogen and oxygen atoms in total. The second-order valence-electron chi connectivity index (χ2n) is 6.32. The Morgan fingerprint density at radius 3 is 2.69 bits per heavy atom. The van der Waals surface area contributed by atoms with Crippen LogP contribution in [0.15, 0.2) is 40.3 Å². The number of hydrogen-bond acceptors (Lipinski definition) is 5. The molecule has 0 aliphatic heterocycles. The number of nitrogens with zero attached hydrogens (tertiary/aromatic N) is 2. The van der Waals surface area contributed by atoms with Crippen molar-refractivity contribution in [1.82, 2.24) is 9.88 Å². The highest BCUT2D eigenvalue weighted by Crippen LogP contribution is 2.24. The molecule has 0 fully saturated rings. The Morgan fingerprint density at radius 2 is 2.03 bits per heavy atom. The number of likely N-dealkylation sites (N-methyl/N-ethyl adjacent to an activating group) is 1. The van der Waals surface area contributed by atoms with E-state index >= 15 is 0 Å². The summed E-state index contributed by atoms with van der Waals surface area (Å²) in [5, 5.41) is 5.87. The van der Waals surface area contributed by atoms with E-state index in [4.69, 9.17) is 27.6 Å². The third-order valence-corrected chi connectivity index (χ3v) is 5.85. The predicted molar refractivity (Wildman–Crippen MR) is 115 cm³/mol. The monoisotopic (exact) mass is 451 g/mol. The molecule has 2 heterocycles. The van der Waals surface area contributed by atoms with Crippen LogP contribution in [0.5, 0.6) is 0 Å². The average Bonchev–Trinajstić information content (AvgIpc) is 3.31. The molecular formula is C20H19Cl2N3O3S. The number of nitrogens with one attached hydrogen (secondary N) is 1. The van der Waals surface area contributed by atoms with Gasteiger partial charge in [0.1, 0.15) is 5.76 Å². The number of halogens is 2. The van der Waals surface area contributed by atoms with Crippen LogP contribution < -0.4 is 5.32 Å². The van der Waals surface area contributed by atoms with Crippen molar-refractivity contribution in [3.63, 3.8) is 0 Å². The zero-order valence-corrected chi connectivity index (χ0v) is 18.2. The molecule has 0 radical (unpaired) electrons. The van der Waals surface area contributed by atoms with E-state index in [0.717, 1.165) is 5.56 Å². The van der Waals surface area contributed by atoms with Crippen LogP contribution in [-0.4, -0.2) is 28.2 Å². The van der Waals surface area contributed by atoms with E-state index in [1.807, 2.05) is 13.0 Å². The van der Waals surface area contributed by atoms with Gasteiger partial charge in [0.25, 0.3) is 5.91 Å². The van der Waals surface area contributed by atoms with Crippen LogP contribution in [0.25, 0.3) is 0 Å². The van der Waals surface area contributed by atoms with Gasteiger partial charge in [0.15, 0.2) is 5.13 Å². The van der Waals surface area contributed by atoms with E-state index in [9.17, 15) is 9.59 Å². The molecule has 1 aromatic carbocycles. The predicted octanol–water partition coefficient (Wildman–Crippen LogP) is 5.19. The third kappa shape index (κ3) is 5.38. The number of anilines is 1. The molecule has 2 aromatic heterocycles. The normalized spacial score (nSPS) is 10.8. The zero-order chi connectivity index (χ0) is 21.0. The van der Waals surface area contributed by atoms with Crippen molar-refractivity contribution in [1.29, 1.82) is 0 Å². The molecule has 0 spiro atoms. The number of aromatic nitrogens is 1. The van der Waals surface area contributed by atoms with Crippen molar-refractivity contribution in [2.45, 2.75) is 26.8 Å². The number of furan rings is 1. The Kier molecular flexibility index (Phi) is 6.95. The summed E-state index contributed by atoms with van der Waals surface area (Å²) in [6.07, 6.45) is 1.61. The van der Waals surface area contributed by atoms with E-state index in [1.54, 1.807) is 35.4 Å². The molecule has 9 heteroatoms. The van der Waals surface area contributed by atoms with Gasteiger partial charge < -0.3 is 9.32 Å². The minimum atomic E-state index is -0.293. The third-order valence-electron chi connectivity index (χ3n) is 4.30. The fourth-order valence-corrected chi connectivity index (χ4v) is 3.76. The summed E-state index contributed by atoms with van der Waals surface area (Å²) in [6.45, 7) is 4.61. The molecule has 0 saturated heterocycles. The van der Waals surface area contributed by atoms with Gasteiger partial charge in [0, 0.05) is 18.5 Å². The molecule has 0 atom stereocenters. The first-order valence-electron chi connectivity index (χ1n) is 8.89. The summed E-state index contributed by atoms with van der Waals surface area (Å²) in [4.78, 5) is 31.0. The number of carbonyl (C=O) groups is 2. The Balaban J connectivity index is 1.61. The van der Waals surface area contributed by atoms with Crippen molar-refractivity contribution in [2.24, 2.45) is 0 Å². The molecule has 2 amide bonds. The number of thiazole rings is 1. The van der Waals surface area contributed by atoms with E-state index < -0.39 is 0 Å². The maximum absolute atomic E-state index is 12.7. The Labute approximate surface area is 182 Å². The van der Waals surface area contributed by atoms with Gasteiger partial charge >= 0.3 is 0 Å². The van der Waals surface area contributed by atoms with Crippen molar-refractivity contribution in [3.05, 3.63) is 68.5 Å². The molecule has 152 valence electrons. The van der Waals surface area contributed by atoms with Gasteiger partial charge in [-0.25, -0.2) is 4.98 Å². The standard InChI is InChI=1S/C20H19Cl2N3O3S/c1-3-25(10-13-4-5-16(21)17(22)8-13)18(26)9-14-11-29-20(23-14)24-19(27)15-6-7-28-12(15)2/h4-8,11H,3,9-10H2,1-2H3,(H,23,24,27). The maximum atomic E-state index is 12.7. The van der Waals surface area contributed by atoms with Crippen molar-refractivity contribution >= 4 is 51.5 Å². The van der Waals surface area contributed by atoms with Crippen LogP contribution >= 0.6 is 34.5 Å². The first-order valence-corrected chi connectivity index (χ1v) is 10.5. The number of carbonyl (C=O) groups excluding carboxylic acids is 2. The summed E-state index contributed by atoms with van der Waals surface area (Å²) in [5.41, 5.74) is 1.96. The fraction of sp³-hybridized carbons (Fsp3) is 0.250. The molecule has 1 N–H and O–H groups in total. The van der Waals surface area contributed by atoms with Crippen LogP contribution in [0.2, 0.25) is 10.0 Å². The molecule has 3 rings (SSSR count). The number of benzene rings is 1. The number of aryl methyl sites for hydroxylation is 1. The van der Waals surface area contributed by atoms with Crippen LogP contribution in [0.3, 0.4) is 0 Å². The van der Waals surface area contributed by atoms with Gasteiger partial charge in [-0.05, 0) is 37.6 Å². The van der Waals surface area contributed by atoms with E-state index in [2.05, 4.69) is 10.3 Å². The van der Waals surface area contributed by atoms with Gasteiger partial charge in [0.2, 0.25) is 5.91 Å². The molecule has 29 heavy (non-hydrogen) atoms. The second-order valence-corrected chi connectivity index (χ2v) is 7.99. The lowest BCUT2D eigenvalue weighted by molar-refractivity contribution is -0.130. The quantitative estimate of drug-likeness (QED) is 0.535.